The van der Waals surface area contributed by atoms with Crippen molar-refractivity contribution in [3.8, 4) is 11.5 Å². The topological polar surface area (TPSA) is 34.0 Å². The summed E-state index contributed by atoms with van der Waals surface area (Å²) in [4.78, 5) is 16.2. The highest BCUT2D eigenvalue weighted by molar-refractivity contribution is 5.78. The molecule has 0 saturated carbocycles. The Bertz CT molecular complexity index is 728. The Balaban J connectivity index is 1.61. The Labute approximate surface area is 162 Å². The van der Waals surface area contributed by atoms with Gasteiger partial charge in [-0.1, -0.05) is 30.3 Å². The van der Waals surface area contributed by atoms with Gasteiger partial charge in [0.15, 0.2) is 0 Å². The first-order valence-corrected chi connectivity index (χ1v) is 10.1. The van der Waals surface area contributed by atoms with Gasteiger partial charge in [0, 0.05) is 18.7 Å². The highest BCUT2D eigenvalue weighted by Crippen LogP contribution is 2.21. The molecular weight excluding hydrogens is 336 g/mol. The number of hydrogen-bond acceptors (Lipinski definition) is 2. The predicted molar refractivity (Wildman–Crippen MR) is 108 cm³/mol. The lowest BCUT2D eigenvalue weighted by Gasteiger charge is -2.32. The summed E-state index contributed by atoms with van der Waals surface area (Å²) in [6.45, 7) is 8.74. The highest BCUT2D eigenvalue weighted by Gasteiger charge is 2.30. The lowest BCUT2D eigenvalue weighted by molar-refractivity contribution is -0.921. The quantitative estimate of drug-likeness (QED) is 0.816. The van der Waals surface area contributed by atoms with Crippen molar-refractivity contribution in [1.82, 2.24) is 4.90 Å². The predicted octanol–water partition coefficient (Wildman–Crippen LogP) is 3.14. The van der Waals surface area contributed by atoms with Gasteiger partial charge in [0.2, 0.25) is 5.91 Å². The SMILES string of the molecule is CCN(CC)C(=O)[C@H]1CCC[NH+](Cc2cccc(Oc3ccccc3)c2)C1. The van der Waals surface area contributed by atoms with Gasteiger partial charge in [-0.15, -0.1) is 0 Å². The van der Waals surface area contributed by atoms with Gasteiger partial charge < -0.3 is 14.5 Å². The molecule has 4 nitrogen and oxygen atoms in total. The molecule has 144 valence electrons. The van der Waals surface area contributed by atoms with Crippen LogP contribution in [-0.2, 0) is 11.3 Å². The minimum Gasteiger partial charge on any atom is -0.457 e. The smallest absolute Gasteiger partial charge is 0.231 e. The van der Waals surface area contributed by atoms with Gasteiger partial charge in [0.25, 0.3) is 0 Å². The molecule has 2 atom stereocenters. The number of carbonyl (C=O) groups is 1. The lowest BCUT2D eigenvalue weighted by Crippen LogP contribution is -3.12. The zero-order valence-corrected chi connectivity index (χ0v) is 16.5. The number of quaternary nitrogens is 1. The third-order valence-corrected chi connectivity index (χ3v) is 5.37. The van der Waals surface area contributed by atoms with Crippen molar-refractivity contribution >= 4 is 5.91 Å². The molecule has 1 aliphatic heterocycles. The third kappa shape index (κ3) is 5.33. The van der Waals surface area contributed by atoms with E-state index in [1.54, 1.807) is 0 Å². The van der Waals surface area contributed by atoms with Crippen LogP contribution in [-0.4, -0.2) is 37.0 Å². The summed E-state index contributed by atoms with van der Waals surface area (Å²) >= 11 is 0. The molecule has 1 unspecified atom stereocenters. The van der Waals surface area contributed by atoms with Crippen LogP contribution in [0.25, 0.3) is 0 Å². The van der Waals surface area contributed by atoms with E-state index in [-0.39, 0.29) is 5.92 Å². The van der Waals surface area contributed by atoms with E-state index in [0.717, 1.165) is 57.1 Å². The molecule has 1 saturated heterocycles. The first-order valence-electron chi connectivity index (χ1n) is 10.1. The van der Waals surface area contributed by atoms with Gasteiger partial charge in [0.05, 0.1) is 19.0 Å². The fourth-order valence-electron chi connectivity index (χ4n) is 3.95. The highest BCUT2D eigenvalue weighted by atomic mass is 16.5. The van der Waals surface area contributed by atoms with Gasteiger partial charge in [-0.25, -0.2) is 0 Å². The number of ether oxygens (including phenoxy) is 1. The number of benzene rings is 2. The minimum absolute atomic E-state index is 0.164. The standard InChI is InChI=1S/C23H30N2O2/c1-3-25(4-2)23(26)20-11-9-15-24(18-20)17-19-10-8-14-22(16-19)27-21-12-6-5-7-13-21/h5-8,10,12-14,16,20H,3-4,9,11,15,17-18H2,1-2H3/p+1/t20-/m0/s1. The molecule has 4 heteroatoms. The van der Waals surface area contributed by atoms with Crippen LogP contribution in [0.2, 0.25) is 0 Å². The second kappa shape index (κ2) is 9.56. The average Bonchev–Trinajstić information content (AvgIpc) is 2.70. The van der Waals surface area contributed by atoms with Crippen molar-refractivity contribution in [2.75, 3.05) is 26.2 Å². The van der Waals surface area contributed by atoms with Crippen molar-refractivity contribution in [3.05, 3.63) is 60.2 Å². The molecule has 1 fully saturated rings. The second-order valence-corrected chi connectivity index (χ2v) is 7.29. The zero-order valence-electron chi connectivity index (χ0n) is 16.5. The molecule has 0 radical (unpaired) electrons. The van der Waals surface area contributed by atoms with E-state index in [4.69, 9.17) is 4.74 Å². The van der Waals surface area contributed by atoms with Crippen LogP contribution in [0.5, 0.6) is 11.5 Å². The fraction of sp³-hybridized carbons (Fsp3) is 0.435. The number of rotatable bonds is 7. The van der Waals surface area contributed by atoms with Gasteiger partial charge >= 0.3 is 0 Å². The van der Waals surface area contributed by atoms with Crippen LogP contribution in [0.15, 0.2) is 54.6 Å². The monoisotopic (exact) mass is 367 g/mol. The Hall–Kier alpha value is -2.33. The summed E-state index contributed by atoms with van der Waals surface area (Å²) < 4.78 is 5.96. The Kier molecular flexibility index (Phi) is 6.88. The Morgan fingerprint density at radius 2 is 1.81 bits per heavy atom. The molecule has 0 bridgehead atoms. The lowest BCUT2D eigenvalue weighted by atomic mass is 9.96. The summed E-state index contributed by atoms with van der Waals surface area (Å²) in [7, 11) is 0. The molecule has 3 rings (SSSR count). The maximum atomic E-state index is 12.7. The normalized spacial score (nSPS) is 19.5. The third-order valence-electron chi connectivity index (χ3n) is 5.37. The molecule has 0 aliphatic carbocycles. The molecule has 1 heterocycles. The number of nitrogens with zero attached hydrogens (tertiary/aromatic N) is 1. The zero-order chi connectivity index (χ0) is 19.1. The molecule has 27 heavy (non-hydrogen) atoms. The molecule has 2 aromatic carbocycles. The number of hydrogen-bond donors (Lipinski definition) is 1. The summed E-state index contributed by atoms with van der Waals surface area (Å²) in [6.07, 6.45) is 2.14. The van der Waals surface area contributed by atoms with Gasteiger partial charge in [-0.2, -0.15) is 0 Å². The van der Waals surface area contributed by atoms with Crippen molar-refractivity contribution < 1.29 is 14.4 Å². The Morgan fingerprint density at radius 3 is 2.56 bits per heavy atom. The fourth-order valence-corrected chi connectivity index (χ4v) is 3.95. The van der Waals surface area contributed by atoms with Crippen LogP contribution >= 0.6 is 0 Å². The van der Waals surface area contributed by atoms with Crippen molar-refractivity contribution in [1.29, 1.82) is 0 Å². The Morgan fingerprint density at radius 1 is 1.07 bits per heavy atom. The van der Waals surface area contributed by atoms with E-state index in [1.165, 1.54) is 10.5 Å². The number of para-hydroxylation sites is 1. The van der Waals surface area contributed by atoms with Crippen LogP contribution in [0.1, 0.15) is 32.3 Å². The summed E-state index contributed by atoms with van der Waals surface area (Å²) in [5.74, 6) is 2.21. The molecular formula is C23H31N2O2+. The maximum absolute atomic E-state index is 12.7. The van der Waals surface area contributed by atoms with E-state index in [1.807, 2.05) is 41.3 Å². The van der Waals surface area contributed by atoms with E-state index < -0.39 is 0 Å². The average molecular weight is 368 g/mol. The number of amides is 1. The van der Waals surface area contributed by atoms with E-state index >= 15 is 0 Å². The molecule has 1 aliphatic rings. The van der Waals surface area contributed by atoms with Crippen molar-refractivity contribution in [2.24, 2.45) is 5.92 Å². The van der Waals surface area contributed by atoms with E-state index in [0.29, 0.717) is 5.91 Å². The van der Waals surface area contributed by atoms with Gasteiger partial charge in [-0.05, 0) is 51.0 Å². The largest absolute Gasteiger partial charge is 0.457 e. The van der Waals surface area contributed by atoms with Crippen LogP contribution in [0.3, 0.4) is 0 Å². The molecule has 0 spiro atoms. The summed E-state index contributed by atoms with van der Waals surface area (Å²) in [6, 6.07) is 18.2. The minimum atomic E-state index is 0.164. The van der Waals surface area contributed by atoms with Crippen LogP contribution < -0.4 is 9.64 Å². The molecule has 1 N–H and O–H groups in total. The number of carbonyl (C=O) groups excluding carboxylic acids is 1. The second-order valence-electron chi connectivity index (χ2n) is 7.29. The maximum Gasteiger partial charge on any atom is 0.231 e. The van der Waals surface area contributed by atoms with Crippen molar-refractivity contribution in [3.63, 3.8) is 0 Å². The number of nitrogens with one attached hydrogen (secondary N) is 1. The van der Waals surface area contributed by atoms with E-state index in [9.17, 15) is 4.79 Å². The number of likely N-dealkylation sites (tertiary alicyclic amines) is 1. The molecule has 1 amide bonds. The molecule has 0 aromatic heterocycles. The van der Waals surface area contributed by atoms with E-state index in [2.05, 4.69) is 32.0 Å². The number of piperidine rings is 1. The summed E-state index contributed by atoms with van der Waals surface area (Å²) in [5.41, 5.74) is 1.26. The van der Waals surface area contributed by atoms with Crippen molar-refractivity contribution in [2.45, 2.75) is 33.2 Å². The summed E-state index contributed by atoms with van der Waals surface area (Å²) in [5, 5.41) is 0. The van der Waals surface area contributed by atoms with Crippen LogP contribution in [0.4, 0.5) is 0 Å². The van der Waals surface area contributed by atoms with Gasteiger partial charge in [0.1, 0.15) is 18.0 Å². The van der Waals surface area contributed by atoms with Gasteiger partial charge in [-0.3, -0.25) is 4.79 Å². The first kappa shape index (κ1) is 19.4. The molecule has 2 aromatic rings. The first-order chi connectivity index (χ1) is 13.2. The van der Waals surface area contributed by atoms with Crippen LogP contribution in [0, 0.1) is 5.92 Å².